The van der Waals surface area contributed by atoms with Crippen molar-refractivity contribution in [1.82, 2.24) is 0 Å². The van der Waals surface area contributed by atoms with Crippen molar-refractivity contribution in [3.8, 4) is 0 Å². The van der Waals surface area contributed by atoms with Crippen molar-refractivity contribution in [3.05, 3.63) is 11.6 Å². The summed E-state index contributed by atoms with van der Waals surface area (Å²) in [6.45, 7) is 3.26. The fourth-order valence-electron chi connectivity index (χ4n) is 0.123. The summed E-state index contributed by atoms with van der Waals surface area (Å²) in [5.74, 6) is -0.845. The molecule has 0 radical (unpaired) electrons. The van der Waals surface area contributed by atoms with Crippen LogP contribution in [0.4, 0.5) is 0 Å². The molecule has 0 bridgehead atoms. The minimum absolute atomic E-state index is 0. The predicted octanol–water partition coefficient (Wildman–Crippen LogP) is -0.147. The molecule has 46 valence electrons. The number of aliphatic carboxylic acids is 1. The molecule has 0 aromatic rings. The summed E-state index contributed by atoms with van der Waals surface area (Å²) in [7, 11) is 0. The van der Waals surface area contributed by atoms with Crippen LogP contribution in [0.2, 0.25) is 0 Å². The number of carboxylic acid groups (broad SMARTS) is 1. The molecule has 0 aliphatic heterocycles. The van der Waals surface area contributed by atoms with Gasteiger partial charge in [-0.1, -0.05) is 6.08 Å². The molecular weight excluding hydrogens is 119 g/mol. The highest BCUT2D eigenvalue weighted by molar-refractivity contribution is 5.85. The van der Waals surface area contributed by atoms with E-state index < -0.39 is 5.97 Å². The standard InChI is InChI=1S/C5H8O2.Al.3H/c1-3-4(2)5(6)7;;;;/h3H,1-2H3,(H,6,7);;;;. The average molecular weight is 130 g/mol. The first-order chi connectivity index (χ1) is 3.18. The van der Waals surface area contributed by atoms with Crippen LogP contribution in [0.1, 0.15) is 13.8 Å². The van der Waals surface area contributed by atoms with Gasteiger partial charge >= 0.3 is 5.97 Å². The predicted molar refractivity (Wildman–Crippen MR) is 37.0 cm³/mol. The van der Waals surface area contributed by atoms with Crippen molar-refractivity contribution in [2.45, 2.75) is 13.8 Å². The number of carbonyl (C=O) groups is 1. The highest BCUT2D eigenvalue weighted by atomic mass is 27.0. The maximum Gasteiger partial charge on any atom is 0.330 e. The van der Waals surface area contributed by atoms with Crippen molar-refractivity contribution in [2.75, 3.05) is 0 Å². The lowest BCUT2D eigenvalue weighted by Crippen LogP contribution is -1.93. The van der Waals surface area contributed by atoms with E-state index in [0.29, 0.717) is 5.57 Å². The largest absolute Gasteiger partial charge is 0.478 e. The number of hydrogen-bond donors (Lipinski definition) is 1. The van der Waals surface area contributed by atoms with Crippen LogP contribution in [0, 0.1) is 0 Å². The molecule has 0 atom stereocenters. The molecule has 0 saturated heterocycles. The molecule has 0 heterocycles. The lowest BCUT2D eigenvalue weighted by molar-refractivity contribution is -0.132. The lowest BCUT2D eigenvalue weighted by Gasteiger charge is -1.84. The van der Waals surface area contributed by atoms with Crippen LogP contribution in [0.25, 0.3) is 0 Å². The molecule has 2 nitrogen and oxygen atoms in total. The molecule has 8 heavy (non-hydrogen) atoms. The first-order valence-electron chi connectivity index (χ1n) is 2.04. The molecule has 0 saturated carbocycles. The van der Waals surface area contributed by atoms with Gasteiger partial charge in [0.05, 0.1) is 0 Å². The van der Waals surface area contributed by atoms with E-state index in [-0.39, 0.29) is 17.4 Å². The normalized spacial score (nSPS) is 10.0. The first kappa shape index (κ1) is 10.7. The smallest absolute Gasteiger partial charge is 0.330 e. The van der Waals surface area contributed by atoms with Crippen molar-refractivity contribution < 1.29 is 9.90 Å². The first-order valence-corrected chi connectivity index (χ1v) is 2.04. The number of allylic oxidation sites excluding steroid dienone is 1. The maximum atomic E-state index is 9.86. The quantitative estimate of drug-likeness (QED) is 0.396. The molecule has 1 N–H and O–H groups in total. The van der Waals surface area contributed by atoms with Gasteiger partial charge in [0.2, 0.25) is 0 Å². The zero-order chi connectivity index (χ0) is 5.86. The molecule has 0 aliphatic rings. The Bertz CT molecular complexity index is 107. The lowest BCUT2D eigenvalue weighted by atomic mass is 10.3. The fourth-order valence-corrected chi connectivity index (χ4v) is 0.123. The molecule has 0 spiro atoms. The summed E-state index contributed by atoms with van der Waals surface area (Å²) in [5, 5.41) is 8.11. The zero-order valence-electron chi connectivity index (χ0n) is 4.43. The Hall–Kier alpha value is -0.258. The van der Waals surface area contributed by atoms with E-state index in [1.165, 1.54) is 0 Å². The third kappa shape index (κ3) is 3.92. The van der Waals surface area contributed by atoms with Crippen molar-refractivity contribution >= 4 is 23.3 Å². The van der Waals surface area contributed by atoms with Crippen molar-refractivity contribution in [3.63, 3.8) is 0 Å². The Kier molecular flexibility index (Phi) is 6.53. The molecule has 3 heteroatoms. The van der Waals surface area contributed by atoms with Gasteiger partial charge < -0.3 is 5.11 Å². The van der Waals surface area contributed by atoms with Crippen LogP contribution in [0.5, 0.6) is 0 Å². The van der Waals surface area contributed by atoms with Crippen LogP contribution >= 0.6 is 0 Å². The van der Waals surface area contributed by atoms with Gasteiger partial charge in [0.25, 0.3) is 0 Å². The Morgan fingerprint density at radius 1 is 1.62 bits per heavy atom. The SMILES string of the molecule is CC=C(C)C(=O)O.[AlH3]. The third-order valence-corrected chi connectivity index (χ3v) is 0.770. The average Bonchev–Trinajstić information content (AvgIpc) is 1.65. The number of rotatable bonds is 1. The van der Waals surface area contributed by atoms with Crippen molar-refractivity contribution in [2.24, 2.45) is 0 Å². The second-order valence-corrected chi connectivity index (χ2v) is 1.28. The van der Waals surface area contributed by atoms with E-state index in [1.54, 1.807) is 19.9 Å². The van der Waals surface area contributed by atoms with E-state index in [9.17, 15) is 4.79 Å². The molecule has 0 amide bonds. The van der Waals surface area contributed by atoms with Crippen molar-refractivity contribution in [1.29, 1.82) is 0 Å². The summed E-state index contributed by atoms with van der Waals surface area (Å²) >= 11 is 0. The highest BCUT2D eigenvalue weighted by Crippen LogP contribution is 1.87. The molecule has 0 aromatic carbocycles. The summed E-state index contributed by atoms with van der Waals surface area (Å²) in [6, 6.07) is 0. The molecule has 0 aromatic heterocycles. The summed E-state index contributed by atoms with van der Waals surface area (Å²) in [6.07, 6.45) is 1.56. The second kappa shape index (κ2) is 4.89. The minimum Gasteiger partial charge on any atom is -0.478 e. The Morgan fingerprint density at radius 2 is 2.00 bits per heavy atom. The summed E-state index contributed by atoms with van der Waals surface area (Å²) in [5.41, 5.74) is 0.389. The maximum absolute atomic E-state index is 9.86. The topological polar surface area (TPSA) is 37.3 Å². The highest BCUT2D eigenvalue weighted by Gasteiger charge is 1.93. The van der Waals surface area contributed by atoms with E-state index in [1.807, 2.05) is 0 Å². The number of hydrogen-bond acceptors (Lipinski definition) is 1. The van der Waals surface area contributed by atoms with Crippen LogP contribution in [-0.4, -0.2) is 28.4 Å². The van der Waals surface area contributed by atoms with Crippen LogP contribution in [-0.2, 0) is 4.79 Å². The van der Waals surface area contributed by atoms with E-state index >= 15 is 0 Å². The molecule has 0 rings (SSSR count). The summed E-state index contributed by atoms with van der Waals surface area (Å²) in [4.78, 5) is 9.86. The molecular formula is C5H11AlO2. The Balaban J connectivity index is 0. The summed E-state index contributed by atoms with van der Waals surface area (Å²) < 4.78 is 0. The van der Waals surface area contributed by atoms with Gasteiger partial charge in [-0.25, -0.2) is 4.79 Å². The molecule has 0 unspecified atom stereocenters. The minimum atomic E-state index is -0.845. The third-order valence-electron chi connectivity index (χ3n) is 0.770. The van der Waals surface area contributed by atoms with Crippen LogP contribution < -0.4 is 0 Å². The monoisotopic (exact) mass is 130 g/mol. The number of carboxylic acids is 1. The van der Waals surface area contributed by atoms with Gasteiger partial charge in [-0.3, -0.25) is 0 Å². The molecule has 0 fully saturated rings. The van der Waals surface area contributed by atoms with Gasteiger partial charge in [0, 0.05) is 5.57 Å². The van der Waals surface area contributed by atoms with Gasteiger partial charge in [-0.15, -0.1) is 0 Å². The van der Waals surface area contributed by atoms with E-state index in [0.717, 1.165) is 0 Å². The van der Waals surface area contributed by atoms with Gasteiger partial charge in [0.1, 0.15) is 0 Å². The fraction of sp³-hybridized carbons (Fsp3) is 0.400. The van der Waals surface area contributed by atoms with Gasteiger partial charge in [-0.05, 0) is 13.8 Å². The van der Waals surface area contributed by atoms with Gasteiger partial charge in [0.15, 0.2) is 17.4 Å². The Labute approximate surface area is 59.3 Å². The van der Waals surface area contributed by atoms with E-state index in [4.69, 9.17) is 5.11 Å². The van der Waals surface area contributed by atoms with Crippen LogP contribution in [0.3, 0.4) is 0 Å². The van der Waals surface area contributed by atoms with E-state index in [2.05, 4.69) is 0 Å². The van der Waals surface area contributed by atoms with Crippen LogP contribution in [0.15, 0.2) is 11.6 Å². The molecule has 0 aliphatic carbocycles. The Morgan fingerprint density at radius 3 is 2.00 bits per heavy atom. The second-order valence-electron chi connectivity index (χ2n) is 1.28. The zero-order valence-corrected chi connectivity index (χ0v) is 4.43. The van der Waals surface area contributed by atoms with Gasteiger partial charge in [-0.2, -0.15) is 0 Å².